The molecule has 1 saturated heterocycles. The van der Waals surface area contributed by atoms with Crippen LogP contribution in [0.4, 0.5) is 5.69 Å². The molecule has 3 rings (SSSR count). The number of benzene rings is 1. The van der Waals surface area contributed by atoms with Gasteiger partial charge >= 0.3 is 5.97 Å². The molecule has 1 atom stereocenters. The summed E-state index contributed by atoms with van der Waals surface area (Å²) < 4.78 is 6.13. The number of esters is 1. The SMILES string of the molecule is CCn1c(=O)/c(=C\Nc2cccc(C(=O)NCCCN3CCCC3)c2)s/c1=C(/C#N)C(=O)NC(CO)C(=O)OC. The van der Waals surface area contributed by atoms with Gasteiger partial charge in [-0.1, -0.05) is 6.07 Å². The van der Waals surface area contributed by atoms with Gasteiger partial charge in [0.2, 0.25) is 0 Å². The summed E-state index contributed by atoms with van der Waals surface area (Å²) in [5.74, 6) is -1.98. The first-order chi connectivity index (χ1) is 19.3. The van der Waals surface area contributed by atoms with Crippen LogP contribution in [0, 0.1) is 11.3 Å². The van der Waals surface area contributed by atoms with Gasteiger partial charge in [-0.2, -0.15) is 5.26 Å². The molecular weight excluding hydrogens is 536 g/mol. The zero-order valence-electron chi connectivity index (χ0n) is 22.6. The molecule has 0 aliphatic carbocycles. The number of carbonyl (C=O) groups excluding carboxylic acids is 3. The molecule has 1 aliphatic rings. The first-order valence-corrected chi connectivity index (χ1v) is 13.9. The van der Waals surface area contributed by atoms with Gasteiger partial charge < -0.3 is 30.7 Å². The number of aromatic nitrogens is 1. The predicted octanol–water partition coefficient (Wildman–Crippen LogP) is -0.680. The van der Waals surface area contributed by atoms with E-state index in [1.165, 1.54) is 23.6 Å². The molecule has 1 unspecified atom stereocenters. The van der Waals surface area contributed by atoms with E-state index in [2.05, 4.69) is 25.6 Å². The molecule has 4 N–H and O–H groups in total. The summed E-state index contributed by atoms with van der Waals surface area (Å²) in [6, 6.07) is 7.28. The molecule has 1 aliphatic heterocycles. The van der Waals surface area contributed by atoms with Crippen LogP contribution in [0.1, 0.15) is 36.5 Å². The van der Waals surface area contributed by atoms with Crippen molar-refractivity contribution in [3.63, 3.8) is 0 Å². The summed E-state index contributed by atoms with van der Waals surface area (Å²) >= 11 is 0.924. The topological polar surface area (TPSA) is 166 Å². The third-order valence-electron chi connectivity index (χ3n) is 6.38. The maximum absolute atomic E-state index is 13.0. The summed E-state index contributed by atoms with van der Waals surface area (Å²) in [6.07, 6.45) is 4.80. The van der Waals surface area contributed by atoms with Crippen LogP contribution in [0.3, 0.4) is 0 Å². The van der Waals surface area contributed by atoms with Crippen LogP contribution in [0.15, 0.2) is 29.1 Å². The number of thiazole rings is 1. The van der Waals surface area contributed by atoms with Gasteiger partial charge in [0, 0.05) is 30.5 Å². The van der Waals surface area contributed by atoms with Crippen molar-refractivity contribution >= 4 is 46.6 Å². The monoisotopic (exact) mass is 570 g/mol. The fraction of sp³-hybridized carbons (Fsp3) is 0.444. The smallest absolute Gasteiger partial charge is 0.330 e. The molecule has 214 valence electrons. The largest absolute Gasteiger partial charge is 0.467 e. The number of nitrogens with zero attached hydrogens (tertiary/aromatic N) is 3. The van der Waals surface area contributed by atoms with Gasteiger partial charge in [-0.3, -0.25) is 19.0 Å². The van der Waals surface area contributed by atoms with Gasteiger partial charge in [-0.25, -0.2) is 4.79 Å². The molecule has 1 aromatic carbocycles. The van der Waals surface area contributed by atoms with Crippen molar-refractivity contribution < 1.29 is 24.2 Å². The Labute approximate surface area is 235 Å². The molecule has 12 nitrogen and oxygen atoms in total. The number of hydrogen-bond donors (Lipinski definition) is 4. The number of rotatable bonds is 12. The van der Waals surface area contributed by atoms with Crippen molar-refractivity contribution in [3.8, 4) is 6.07 Å². The third kappa shape index (κ3) is 7.78. The van der Waals surface area contributed by atoms with Crippen molar-refractivity contribution in [2.75, 3.05) is 45.2 Å². The average molecular weight is 571 g/mol. The van der Waals surface area contributed by atoms with Crippen molar-refractivity contribution in [1.29, 1.82) is 5.26 Å². The summed E-state index contributed by atoms with van der Waals surface area (Å²) in [5.41, 5.74) is 0.245. The van der Waals surface area contributed by atoms with Crippen LogP contribution in [-0.2, 0) is 20.9 Å². The van der Waals surface area contributed by atoms with Gasteiger partial charge in [0.15, 0.2) is 11.6 Å². The van der Waals surface area contributed by atoms with Crippen molar-refractivity contribution in [3.05, 3.63) is 49.4 Å². The van der Waals surface area contributed by atoms with E-state index >= 15 is 0 Å². The molecule has 40 heavy (non-hydrogen) atoms. The number of methoxy groups -OCH3 is 1. The molecule has 1 aromatic heterocycles. The van der Waals surface area contributed by atoms with Crippen LogP contribution in [-0.4, -0.2) is 78.3 Å². The van der Waals surface area contributed by atoms with Crippen molar-refractivity contribution in [2.45, 2.75) is 38.8 Å². The molecule has 0 saturated carbocycles. The quantitative estimate of drug-likeness (QED) is 0.191. The summed E-state index contributed by atoms with van der Waals surface area (Å²) in [6.45, 7) is 4.95. The van der Waals surface area contributed by atoms with E-state index in [1.807, 2.05) is 0 Å². The lowest BCUT2D eigenvalue weighted by molar-refractivity contribution is -0.145. The van der Waals surface area contributed by atoms with E-state index in [4.69, 9.17) is 0 Å². The molecule has 0 bridgehead atoms. The normalized spacial score (nSPS) is 15.2. The van der Waals surface area contributed by atoms with Crippen LogP contribution < -0.4 is 30.7 Å². The minimum Gasteiger partial charge on any atom is -0.467 e. The van der Waals surface area contributed by atoms with Gasteiger partial charge in [0.1, 0.15) is 15.3 Å². The Morgan fingerprint density at radius 2 is 2.02 bits per heavy atom. The Hall–Kier alpha value is -3.99. The molecule has 0 radical (unpaired) electrons. The van der Waals surface area contributed by atoms with Crippen molar-refractivity contribution in [1.82, 2.24) is 20.1 Å². The zero-order chi connectivity index (χ0) is 29.1. The van der Waals surface area contributed by atoms with E-state index in [1.54, 1.807) is 37.3 Å². The molecule has 1 fully saturated rings. The predicted molar refractivity (Wildman–Crippen MR) is 151 cm³/mol. The van der Waals surface area contributed by atoms with Gasteiger partial charge in [0.05, 0.1) is 13.7 Å². The zero-order valence-corrected chi connectivity index (χ0v) is 23.4. The molecule has 2 heterocycles. The lowest BCUT2D eigenvalue weighted by Crippen LogP contribution is -2.45. The molecular formula is C27H34N6O6S. The van der Waals surface area contributed by atoms with Crippen LogP contribution in [0.2, 0.25) is 0 Å². The number of carbonyl (C=O) groups is 3. The Bertz CT molecular complexity index is 1440. The minimum absolute atomic E-state index is 0.101. The Morgan fingerprint density at radius 1 is 1.27 bits per heavy atom. The lowest BCUT2D eigenvalue weighted by atomic mass is 10.2. The highest BCUT2D eigenvalue weighted by molar-refractivity contribution is 7.07. The second-order valence-electron chi connectivity index (χ2n) is 9.07. The number of ether oxygens (including phenoxy) is 1. The van der Waals surface area contributed by atoms with E-state index in [9.17, 15) is 29.5 Å². The number of amides is 2. The first kappa shape index (κ1) is 30.6. The number of aliphatic hydroxyl groups is 1. The second-order valence-corrected chi connectivity index (χ2v) is 10.1. The van der Waals surface area contributed by atoms with Gasteiger partial charge in [-0.15, -0.1) is 11.3 Å². The van der Waals surface area contributed by atoms with Crippen molar-refractivity contribution in [2.24, 2.45) is 0 Å². The summed E-state index contributed by atoms with van der Waals surface area (Å²) in [4.78, 5) is 52.5. The van der Waals surface area contributed by atoms with Crippen LogP contribution in [0.25, 0.3) is 11.8 Å². The maximum atomic E-state index is 13.0. The number of nitriles is 1. The highest BCUT2D eigenvalue weighted by atomic mass is 32.1. The summed E-state index contributed by atoms with van der Waals surface area (Å²) in [7, 11) is 1.10. The van der Waals surface area contributed by atoms with E-state index < -0.39 is 30.1 Å². The highest BCUT2D eigenvalue weighted by Crippen LogP contribution is 2.11. The van der Waals surface area contributed by atoms with E-state index in [0.717, 1.165) is 44.5 Å². The Morgan fingerprint density at radius 3 is 2.67 bits per heavy atom. The van der Waals surface area contributed by atoms with E-state index in [0.29, 0.717) is 17.8 Å². The molecule has 2 aromatic rings. The number of likely N-dealkylation sites (tertiary alicyclic amines) is 1. The van der Waals surface area contributed by atoms with Gasteiger partial charge in [-0.05, 0) is 64.0 Å². The lowest BCUT2D eigenvalue weighted by Gasteiger charge is -2.14. The van der Waals surface area contributed by atoms with Crippen LogP contribution >= 0.6 is 11.3 Å². The number of anilines is 1. The minimum atomic E-state index is -1.36. The number of aliphatic hydroxyl groups excluding tert-OH is 1. The second kappa shape index (κ2) is 15.0. The summed E-state index contributed by atoms with van der Waals surface area (Å²) in [5, 5.41) is 27.3. The third-order valence-corrected chi connectivity index (χ3v) is 7.51. The Kier molecular flexibility index (Phi) is 11.4. The number of nitrogens with one attached hydrogen (secondary N) is 3. The highest BCUT2D eigenvalue weighted by Gasteiger charge is 2.24. The average Bonchev–Trinajstić information content (AvgIpc) is 3.60. The fourth-order valence-electron chi connectivity index (χ4n) is 4.25. The number of hydrogen-bond acceptors (Lipinski definition) is 10. The standard InChI is InChI=1S/C27H34N6O6S/c1-3-33-25(37)22(40-26(33)20(15-28)24(36)31-21(17-34)27(38)39-2)16-30-19-9-6-8-18(14-19)23(35)29-10-7-13-32-11-4-5-12-32/h6,8-9,14,16,21,30,34H,3-5,7,10-13,17H2,1-2H3,(H,29,35)(H,31,36)/b22-16+,26-20-. The molecule has 2 amide bonds. The van der Waals surface area contributed by atoms with Crippen LogP contribution in [0.5, 0.6) is 0 Å². The molecule has 0 spiro atoms. The Balaban J connectivity index is 1.77. The molecule has 13 heteroatoms. The van der Waals surface area contributed by atoms with E-state index in [-0.39, 0.29) is 27.2 Å². The van der Waals surface area contributed by atoms with Gasteiger partial charge in [0.25, 0.3) is 17.4 Å². The maximum Gasteiger partial charge on any atom is 0.330 e. The fourth-order valence-corrected chi connectivity index (χ4v) is 5.34. The first-order valence-electron chi connectivity index (χ1n) is 13.0.